The molecule has 2 amide bonds. The molecule has 34 heavy (non-hydrogen) atoms. The molecule has 0 unspecified atom stereocenters. The van der Waals surface area contributed by atoms with E-state index in [-0.39, 0.29) is 21.9 Å². The molecule has 1 saturated carbocycles. The van der Waals surface area contributed by atoms with E-state index < -0.39 is 31.7 Å². The van der Waals surface area contributed by atoms with Crippen LogP contribution in [0.15, 0.2) is 57.9 Å². The maximum Gasteiger partial charge on any atom is 0.356 e. The van der Waals surface area contributed by atoms with Crippen LogP contribution in [0.3, 0.4) is 0 Å². The van der Waals surface area contributed by atoms with Gasteiger partial charge in [0.05, 0.1) is 5.69 Å². The van der Waals surface area contributed by atoms with Crippen molar-refractivity contribution in [1.82, 2.24) is 9.97 Å². The molecule has 12 heteroatoms. The summed E-state index contributed by atoms with van der Waals surface area (Å²) in [4.78, 5) is 44.7. The van der Waals surface area contributed by atoms with E-state index in [4.69, 9.17) is 0 Å². The summed E-state index contributed by atoms with van der Waals surface area (Å²) in [6, 6.07) is 10.0. The predicted octanol–water partition coefficient (Wildman–Crippen LogP) is 4.09. The van der Waals surface area contributed by atoms with Gasteiger partial charge in [0, 0.05) is 17.7 Å². The van der Waals surface area contributed by atoms with Crippen LogP contribution in [-0.2, 0) is 9.84 Å². The molecule has 1 aliphatic rings. The van der Waals surface area contributed by atoms with Crippen LogP contribution in [0.25, 0.3) is 0 Å². The zero-order valence-electron chi connectivity index (χ0n) is 17.7. The number of carboxylic acid groups (broad SMARTS) is 1. The van der Waals surface area contributed by atoms with Gasteiger partial charge in [-0.05, 0) is 37.1 Å². The largest absolute Gasteiger partial charge is 0.476 e. The van der Waals surface area contributed by atoms with Gasteiger partial charge in [-0.15, -0.1) is 0 Å². The fraction of sp³-hybridized carbons (Fsp3) is 0.227. The Kier molecular flexibility index (Phi) is 6.70. The minimum Gasteiger partial charge on any atom is -0.476 e. The Balaban J connectivity index is 1.57. The molecule has 1 aliphatic carbocycles. The van der Waals surface area contributed by atoms with Crippen molar-refractivity contribution in [2.75, 3.05) is 10.6 Å². The number of anilines is 2. The molecular weight excluding hydrogens is 480 g/mol. The number of para-hydroxylation sites is 1. The molecule has 1 aromatic carbocycles. The number of Topliss-reactive ketones (excluding diaryl/α,β-unsaturated/α-hetero) is 1. The minimum absolute atomic E-state index is 0.0421. The van der Waals surface area contributed by atoms with E-state index >= 15 is 0 Å². The molecule has 0 saturated heterocycles. The van der Waals surface area contributed by atoms with Crippen molar-refractivity contribution in [1.29, 1.82) is 0 Å². The average Bonchev–Trinajstić information content (AvgIpc) is 3.50. The van der Waals surface area contributed by atoms with Gasteiger partial charge in [0.15, 0.2) is 25.8 Å². The fourth-order valence-corrected chi connectivity index (χ4v) is 6.40. The molecule has 2 heterocycles. The number of aromatic carboxylic acids is 1. The van der Waals surface area contributed by atoms with Crippen LogP contribution in [0.1, 0.15) is 46.5 Å². The SMILES string of the molecule is O=C(Nc1nc(C(=O)O)c(S(=O)(=O)c2ccccn2)s1)Nc1ccccc1C(=O)C1CCCC1. The Hall–Kier alpha value is -3.64. The van der Waals surface area contributed by atoms with Gasteiger partial charge in [-0.25, -0.2) is 28.0 Å². The Morgan fingerprint density at radius 3 is 2.38 bits per heavy atom. The summed E-state index contributed by atoms with van der Waals surface area (Å²) in [6.45, 7) is 0. The summed E-state index contributed by atoms with van der Waals surface area (Å²) < 4.78 is 25.2. The number of sulfone groups is 1. The molecule has 1 fully saturated rings. The molecule has 0 aliphatic heterocycles. The van der Waals surface area contributed by atoms with Gasteiger partial charge >= 0.3 is 12.0 Å². The second-order valence-corrected chi connectivity index (χ2v) is 10.7. The third-order valence-corrected chi connectivity index (χ3v) is 8.49. The van der Waals surface area contributed by atoms with Crippen molar-refractivity contribution in [2.45, 2.75) is 34.9 Å². The number of carboxylic acids is 1. The number of ketones is 1. The van der Waals surface area contributed by atoms with Crippen molar-refractivity contribution in [3.05, 3.63) is 59.9 Å². The molecular formula is C22H20N4O6S2. The van der Waals surface area contributed by atoms with E-state index in [1.165, 1.54) is 24.4 Å². The van der Waals surface area contributed by atoms with E-state index in [9.17, 15) is 27.9 Å². The molecule has 0 spiro atoms. The van der Waals surface area contributed by atoms with Crippen molar-refractivity contribution in [3.8, 4) is 0 Å². The number of nitrogens with one attached hydrogen (secondary N) is 2. The minimum atomic E-state index is -4.27. The molecule has 0 bridgehead atoms. The number of urea groups is 1. The molecule has 0 radical (unpaired) electrons. The van der Waals surface area contributed by atoms with Gasteiger partial charge in [0.25, 0.3) is 0 Å². The van der Waals surface area contributed by atoms with Crippen molar-refractivity contribution >= 4 is 49.8 Å². The van der Waals surface area contributed by atoms with E-state index in [1.54, 1.807) is 24.3 Å². The first-order valence-electron chi connectivity index (χ1n) is 10.4. The summed E-state index contributed by atoms with van der Waals surface area (Å²) in [5, 5.41) is 13.8. The standard InChI is InChI=1S/C22H20N4O6S2/c27-18(13-7-1-2-8-13)14-9-3-4-10-15(14)24-21(30)26-22-25-17(19(28)29)20(33-22)34(31,32)16-11-5-6-12-23-16/h3-6,9-13H,1-2,7-8H2,(H,28,29)(H2,24,25,26,30). The second kappa shape index (κ2) is 9.69. The van der Waals surface area contributed by atoms with Gasteiger partial charge in [-0.1, -0.05) is 42.4 Å². The Bertz CT molecular complexity index is 1350. The van der Waals surface area contributed by atoms with Gasteiger partial charge in [-0.3, -0.25) is 10.1 Å². The molecule has 0 atom stereocenters. The van der Waals surface area contributed by atoms with Crippen LogP contribution in [-0.4, -0.2) is 41.3 Å². The summed E-state index contributed by atoms with van der Waals surface area (Å²) in [5.74, 6) is -1.69. The van der Waals surface area contributed by atoms with Crippen LogP contribution in [0.4, 0.5) is 15.6 Å². The number of aromatic nitrogens is 2. The first-order chi connectivity index (χ1) is 16.3. The number of carbonyl (C=O) groups is 3. The number of nitrogens with zero attached hydrogens (tertiary/aromatic N) is 2. The van der Waals surface area contributed by atoms with E-state index in [1.807, 2.05) is 0 Å². The Morgan fingerprint density at radius 2 is 1.71 bits per heavy atom. The first kappa shape index (κ1) is 23.5. The third kappa shape index (κ3) is 4.82. The topological polar surface area (TPSA) is 155 Å². The lowest BCUT2D eigenvalue weighted by atomic mass is 9.95. The summed E-state index contributed by atoms with van der Waals surface area (Å²) >= 11 is 0.501. The highest BCUT2D eigenvalue weighted by molar-refractivity contribution is 7.93. The van der Waals surface area contributed by atoms with Crippen molar-refractivity contribution in [3.63, 3.8) is 0 Å². The number of rotatable bonds is 7. The summed E-state index contributed by atoms with van der Waals surface area (Å²) in [7, 11) is -4.27. The van der Waals surface area contributed by atoms with E-state index in [0.717, 1.165) is 25.7 Å². The van der Waals surface area contributed by atoms with Crippen molar-refractivity contribution < 1.29 is 27.9 Å². The summed E-state index contributed by atoms with van der Waals surface area (Å²) in [6.07, 6.45) is 4.87. The fourth-order valence-electron chi connectivity index (χ4n) is 3.74. The molecule has 2 aromatic heterocycles. The van der Waals surface area contributed by atoms with Crippen LogP contribution in [0.5, 0.6) is 0 Å². The van der Waals surface area contributed by atoms with Crippen LogP contribution in [0.2, 0.25) is 0 Å². The summed E-state index contributed by atoms with van der Waals surface area (Å²) in [5.41, 5.74) is -0.0376. The maximum atomic E-state index is 12.9. The van der Waals surface area contributed by atoms with Gasteiger partial charge in [-0.2, -0.15) is 0 Å². The number of thiazole rings is 1. The number of amides is 2. The van der Waals surface area contributed by atoms with Crippen LogP contribution < -0.4 is 10.6 Å². The number of carbonyl (C=O) groups excluding carboxylic acids is 2. The monoisotopic (exact) mass is 500 g/mol. The second-order valence-electron chi connectivity index (χ2n) is 7.60. The quantitative estimate of drug-likeness (QED) is 0.410. The number of hydrogen-bond acceptors (Lipinski definition) is 8. The highest BCUT2D eigenvalue weighted by Crippen LogP contribution is 2.33. The van der Waals surface area contributed by atoms with Gasteiger partial charge in [0.1, 0.15) is 0 Å². The zero-order chi connectivity index (χ0) is 24.3. The molecule has 176 valence electrons. The lowest BCUT2D eigenvalue weighted by Gasteiger charge is -2.13. The van der Waals surface area contributed by atoms with Crippen LogP contribution in [0, 0.1) is 5.92 Å². The number of benzene rings is 1. The normalized spacial score (nSPS) is 14.0. The number of pyridine rings is 1. The Morgan fingerprint density at radius 1 is 1.00 bits per heavy atom. The Labute approximate surface area is 199 Å². The molecule has 3 aromatic rings. The van der Waals surface area contributed by atoms with E-state index in [0.29, 0.717) is 22.6 Å². The number of hydrogen-bond donors (Lipinski definition) is 3. The zero-order valence-corrected chi connectivity index (χ0v) is 19.4. The highest BCUT2D eigenvalue weighted by atomic mass is 32.2. The average molecular weight is 501 g/mol. The van der Waals surface area contributed by atoms with Gasteiger partial charge < -0.3 is 10.4 Å². The molecule has 3 N–H and O–H groups in total. The lowest BCUT2D eigenvalue weighted by molar-refractivity contribution is 0.0687. The lowest BCUT2D eigenvalue weighted by Crippen LogP contribution is -2.22. The molecule has 4 rings (SSSR count). The maximum absolute atomic E-state index is 12.9. The highest BCUT2D eigenvalue weighted by Gasteiger charge is 2.31. The smallest absolute Gasteiger partial charge is 0.356 e. The van der Waals surface area contributed by atoms with Crippen molar-refractivity contribution in [2.24, 2.45) is 5.92 Å². The first-order valence-corrected chi connectivity index (χ1v) is 12.7. The predicted molar refractivity (Wildman–Crippen MR) is 124 cm³/mol. The van der Waals surface area contributed by atoms with Gasteiger partial charge in [0.2, 0.25) is 9.84 Å². The van der Waals surface area contributed by atoms with Crippen LogP contribution >= 0.6 is 11.3 Å². The third-order valence-electron chi connectivity index (χ3n) is 5.34. The van der Waals surface area contributed by atoms with E-state index in [2.05, 4.69) is 20.6 Å². The molecule has 10 nitrogen and oxygen atoms in total.